The Bertz CT molecular complexity index is 1600. The summed E-state index contributed by atoms with van der Waals surface area (Å²) in [5.74, 6) is 1.26. The molecule has 3 heterocycles. The van der Waals surface area contributed by atoms with Crippen LogP contribution in [-0.4, -0.2) is 86.9 Å². The van der Waals surface area contributed by atoms with E-state index in [-0.39, 0.29) is 67.1 Å². The molecule has 254 valence electrons. The lowest BCUT2D eigenvalue weighted by molar-refractivity contribution is -0.169. The maximum atomic E-state index is 14.0. The minimum absolute atomic E-state index is 0.0310. The Hall–Kier alpha value is -3.33. The summed E-state index contributed by atoms with van der Waals surface area (Å²) < 4.78 is 57.5. The second-order valence-electron chi connectivity index (χ2n) is 13.0. The van der Waals surface area contributed by atoms with Crippen LogP contribution in [0.1, 0.15) is 31.7 Å². The van der Waals surface area contributed by atoms with Gasteiger partial charge >= 0.3 is 6.09 Å². The highest BCUT2D eigenvalue weighted by Gasteiger charge is 2.56. The van der Waals surface area contributed by atoms with Crippen molar-refractivity contribution >= 4 is 16.1 Å². The molecule has 2 saturated heterocycles. The second kappa shape index (κ2) is 14.4. The number of methoxy groups -OCH3 is 1. The molecule has 1 amide bonds. The van der Waals surface area contributed by atoms with E-state index in [0.29, 0.717) is 30.4 Å². The molecule has 13 heteroatoms. The molecular weight excluding hydrogens is 626 g/mol. The van der Waals surface area contributed by atoms with Crippen LogP contribution in [0.5, 0.6) is 0 Å². The number of hydrogen-bond acceptors (Lipinski definition) is 10. The van der Waals surface area contributed by atoms with Crippen molar-refractivity contribution in [3.05, 3.63) is 72.2 Å². The summed E-state index contributed by atoms with van der Waals surface area (Å²) in [6, 6.07) is 15.0. The van der Waals surface area contributed by atoms with Crippen LogP contribution in [0.3, 0.4) is 0 Å². The first kappa shape index (κ1) is 33.6. The smallest absolute Gasteiger partial charge is 0.407 e. The monoisotopic (exact) mass is 669 g/mol. The fourth-order valence-corrected chi connectivity index (χ4v) is 8.52. The molecule has 7 atom stereocenters. The van der Waals surface area contributed by atoms with E-state index in [4.69, 9.17) is 23.4 Å². The molecule has 1 aliphatic carbocycles. The predicted molar refractivity (Wildman–Crippen MR) is 170 cm³/mol. The number of carbonyl (C=O) groups excluding carboxylic acids is 1. The van der Waals surface area contributed by atoms with Crippen LogP contribution >= 0.6 is 0 Å². The maximum Gasteiger partial charge on any atom is 0.407 e. The lowest BCUT2D eigenvalue weighted by Crippen LogP contribution is -2.52. The maximum absolute atomic E-state index is 14.0. The Labute approximate surface area is 275 Å². The number of aliphatic hydroxyl groups excluding tert-OH is 1. The molecule has 3 fully saturated rings. The van der Waals surface area contributed by atoms with Gasteiger partial charge in [0.2, 0.25) is 15.9 Å². The van der Waals surface area contributed by atoms with Gasteiger partial charge in [0.25, 0.3) is 0 Å². The molecule has 5 unspecified atom stereocenters. The Morgan fingerprint density at radius 1 is 1.06 bits per heavy atom. The molecule has 2 aromatic carbocycles. The zero-order chi connectivity index (χ0) is 33.1. The van der Waals surface area contributed by atoms with E-state index in [1.165, 1.54) is 16.4 Å². The number of aromatic nitrogens is 1. The summed E-state index contributed by atoms with van der Waals surface area (Å²) in [7, 11) is -2.48. The van der Waals surface area contributed by atoms with Crippen LogP contribution in [0.4, 0.5) is 4.79 Å². The molecule has 2 bridgehead atoms. The predicted octanol–water partition coefficient (Wildman–Crippen LogP) is 3.84. The third kappa shape index (κ3) is 7.55. The number of carbonyl (C=O) groups is 1. The van der Waals surface area contributed by atoms with Crippen LogP contribution in [-0.2, 0) is 42.0 Å². The van der Waals surface area contributed by atoms with E-state index in [9.17, 15) is 18.3 Å². The van der Waals surface area contributed by atoms with Crippen molar-refractivity contribution < 1.29 is 41.7 Å². The molecule has 0 spiro atoms. The minimum Gasteiger partial charge on any atom is -0.445 e. The number of amides is 1. The molecule has 3 aromatic rings. The summed E-state index contributed by atoms with van der Waals surface area (Å²) in [4.78, 5) is 17.6. The van der Waals surface area contributed by atoms with Gasteiger partial charge in [-0.2, -0.15) is 4.31 Å². The quantitative estimate of drug-likeness (QED) is 0.259. The highest BCUT2D eigenvalue weighted by atomic mass is 32.2. The number of fused-ring (bicyclic) bond motifs is 1. The summed E-state index contributed by atoms with van der Waals surface area (Å²) in [5, 5.41) is 14.5. The van der Waals surface area contributed by atoms with Crippen molar-refractivity contribution in [1.82, 2.24) is 14.6 Å². The highest BCUT2D eigenvalue weighted by molar-refractivity contribution is 7.89. The fraction of sp³-hybridized carbons (Fsp3) is 0.529. The highest BCUT2D eigenvalue weighted by Crippen LogP contribution is 2.49. The van der Waals surface area contributed by atoms with E-state index in [2.05, 4.69) is 10.3 Å². The van der Waals surface area contributed by atoms with Gasteiger partial charge in [-0.3, -0.25) is 0 Å². The Morgan fingerprint density at radius 2 is 1.81 bits per heavy atom. The number of rotatable bonds is 14. The topological polar surface area (TPSA) is 150 Å². The van der Waals surface area contributed by atoms with Crippen molar-refractivity contribution in [2.45, 2.75) is 62.7 Å². The number of ether oxygens (including phenoxy) is 4. The lowest BCUT2D eigenvalue weighted by atomic mass is 9.98. The third-order valence-corrected chi connectivity index (χ3v) is 11.0. The minimum atomic E-state index is -4.03. The van der Waals surface area contributed by atoms with Crippen LogP contribution < -0.4 is 5.32 Å². The Morgan fingerprint density at radius 3 is 2.53 bits per heavy atom. The normalized spacial score (nSPS) is 24.9. The summed E-state index contributed by atoms with van der Waals surface area (Å²) in [6.45, 7) is 4.94. The molecule has 3 aliphatic rings. The molecule has 2 N–H and O–H groups in total. The molecule has 1 saturated carbocycles. The Balaban J connectivity index is 1.18. The number of oxazole rings is 1. The fourth-order valence-electron chi connectivity index (χ4n) is 6.90. The van der Waals surface area contributed by atoms with Gasteiger partial charge < -0.3 is 33.8 Å². The standard InChI is InChI=1S/C34H43N3O9S/c1-21(2)16-37(47(40,41)25-11-9-23(10-12-25)30-15-35-31(45-30)20-42-3)17-29(38)28(13-22-7-5-4-6-8-22)36-34(39)46-32-24-14-26-27(32)19-44-33(26)43-18-24/h4-12,15,21,24,26-29,32-33,38H,13-14,16-20H2,1-3H3,(H,36,39)/t24?,26?,27?,28-,29+,32?,33?/m0/s1. The van der Waals surface area contributed by atoms with E-state index < -0.39 is 28.3 Å². The molecular formula is C34H43N3O9S. The average Bonchev–Trinajstić information content (AvgIpc) is 3.76. The zero-order valence-electron chi connectivity index (χ0n) is 26.9. The molecule has 0 radical (unpaired) electrons. The van der Waals surface area contributed by atoms with Gasteiger partial charge in [0, 0.05) is 43.5 Å². The van der Waals surface area contributed by atoms with Crippen molar-refractivity contribution in [2.75, 3.05) is 33.4 Å². The van der Waals surface area contributed by atoms with Crippen LogP contribution in [0, 0.1) is 23.7 Å². The van der Waals surface area contributed by atoms with Gasteiger partial charge in [-0.1, -0.05) is 44.2 Å². The number of benzene rings is 2. The zero-order valence-corrected chi connectivity index (χ0v) is 27.7. The van der Waals surface area contributed by atoms with Gasteiger partial charge in [-0.05, 0) is 48.6 Å². The average molecular weight is 670 g/mol. The first-order valence-corrected chi connectivity index (χ1v) is 17.5. The molecule has 47 heavy (non-hydrogen) atoms. The van der Waals surface area contributed by atoms with Gasteiger partial charge in [0.05, 0.1) is 36.5 Å². The first-order chi connectivity index (χ1) is 22.6. The molecule has 12 nitrogen and oxygen atoms in total. The second-order valence-corrected chi connectivity index (χ2v) is 15.0. The lowest BCUT2D eigenvalue weighted by Gasteiger charge is -2.31. The van der Waals surface area contributed by atoms with Crippen LogP contribution in [0.2, 0.25) is 0 Å². The van der Waals surface area contributed by atoms with Crippen molar-refractivity contribution in [2.24, 2.45) is 23.7 Å². The van der Waals surface area contributed by atoms with Gasteiger partial charge in [-0.25, -0.2) is 18.2 Å². The molecule has 6 rings (SSSR count). The van der Waals surface area contributed by atoms with Crippen molar-refractivity contribution in [3.63, 3.8) is 0 Å². The van der Waals surface area contributed by atoms with E-state index in [0.717, 1.165) is 12.0 Å². The van der Waals surface area contributed by atoms with E-state index in [1.807, 2.05) is 44.2 Å². The summed E-state index contributed by atoms with van der Waals surface area (Å²) in [6.07, 6.45) is 0.259. The van der Waals surface area contributed by atoms with E-state index in [1.54, 1.807) is 25.4 Å². The van der Waals surface area contributed by atoms with E-state index >= 15 is 0 Å². The number of nitrogens with one attached hydrogen (secondary N) is 1. The number of alkyl carbamates (subject to hydrolysis) is 1. The first-order valence-electron chi connectivity index (χ1n) is 16.1. The van der Waals surface area contributed by atoms with Crippen molar-refractivity contribution in [1.29, 1.82) is 0 Å². The van der Waals surface area contributed by atoms with Crippen LogP contribution in [0.15, 0.2) is 70.1 Å². The van der Waals surface area contributed by atoms with Gasteiger partial charge in [-0.15, -0.1) is 0 Å². The summed E-state index contributed by atoms with van der Waals surface area (Å²) >= 11 is 0. The number of nitrogens with zero attached hydrogens (tertiary/aromatic N) is 2. The largest absolute Gasteiger partial charge is 0.445 e. The number of sulfonamides is 1. The molecule has 1 aromatic heterocycles. The SMILES string of the molecule is COCc1ncc(-c2ccc(S(=O)(=O)N(CC(C)C)C[C@@H](O)[C@H](Cc3ccccc3)NC(=O)OC3C4COC5OCC3C5C4)cc2)o1. The van der Waals surface area contributed by atoms with Gasteiger partial charge in [0.15, 0.2) is 12.1 Å². The number of hydrogen-bond donors (Lipinski definition) is 2. The molecule has 2 aliphatic heterocycles. The Kier molecular flexibility index (Phi) is 10.3. The van der Waals surface area contributed by atoms with Crippen molar-refractivity contribution in [3.8, 4) is 11.3 Å². The van der Waals surface area contributed by atoms with Crippen LogP contribution in [0.25, 0.3) is 11.3 Å². The van der Waals surface area contributed by atoms with Gasteiger partial charge in [0.1, 0.15) is 12.7 Å². The number of aliphatic hydroxyl groups is 1. The summed E-state index contributed by atoms with van der Waals surface area (Å²) in [5.41, 5.74) is 1.54. The third-order valence-electron chi connectivity index (χ3n) is 9.16.